The van der Waals surface area contributed by atoms with Crippen LogP contribution in [-0.2, 0) is 11.3 Å². The van der Waals surface area contributed by atoms with Crippen LogP contribution in [-0.4, -0.2) is 18.9 Å². The van der Waals surface area contributed by atoms with E-state index in [2.05, 4.69) is 0 Å². The Morgan fingerprint density at radius 1 is 1.31 bits per heavy atom. The first-order chi connectivity index (χ1) is 7.61. The molecule has 0 amide bonds. The van der Waals surface area contributed by atoms with Crippen LogP contribution < -0.4 is 15.2 Å². The Bertz CT molecular complexity index is 377. The van der Waals surface area contributed by atoms with E-state index in [4.69, 9.17) is 19.9 Å². The van der Waals surface area contributed by atoms with E-state index in [1.807, 2.05) is 32.0 Å². The van der Waals surface area contributed by atoms with E-state index in [0.717, 1.165) is 17.1 Å². The maximum absolute atomic E-state index is 5.70. The first-order valence-corrected chi connectivity index (χ1v) is 5.33. The summed E-state index contributed by atoms with van der Waals surface area (Å²) in [6.07, 6.45) is 0. The van der Waals surface area contributed by atoms with Crippen molar-refractivity contribution in [2.24, 2.45) is 5.73 Å². The predicted octanol–water partition coefficient (Wildman–Crippen LogP) is 1.67. The maximum Gasteiger partial charge on any atom is 0.231 e. The summed E-state index contributed by atoms with van der Waals surface area (Å²) in [5.41, 5.74) is 6.36. The zero-order valence-corrected chi connectivity index (χ0v) is 9.66. The third-order valence-corrected chi connectivity index (χ3v) is 2.56. The van der Waals surface area contributed by atoms with Crippen molar-refractivity contribution in [1.82, 2.24) is 0 Å². The fourth-order valence-electron chi connectivity index (χ4n) is 1.37. The molecule has 4 heteroatoms. The summed E-state index contributed by atoms with van der Waals surface area (Å²) in [5, 5.41) is 0. The lowest BCUT2D eigenvalue weighted by Crippen LogP contribution is -2.33. The van der Waals surface area contributed by atoms with E-state index in [0.29, 0.717) is 19.9 Å². The molecule has 1 heterocycles. The third-order valence-electron chi connectivity index (χ3n) is 2.56. The van der Waals surface area contributed by atoms with Crippen LogP contribution in [0.4, 0.5) is 0 Å². The fourth-order valence-corrected chi connectivity index (χ4v) is 1.37. The van der Waals surface area contributed by atoms with Gasteiger partial charge in [-0.15, -0.1) is 0 Å². The average Bonchev–Trinajstić information content (AvgIpc) is 2.73. The highest BCUT2D eigenvalue weighted by Gasteiger charge is 2.17. The van der Waals surface area contributed by atoms with Crippen molar-refractivity contribution < 1.29 is 14.2 Å². The van der Waals surface area contributed by atoms with Gasteiger partial charge in [-0.2, -0.15) is 0 Å². The molecule has 0 radical (unpaired) electrons. The van der Waals surface area contributed by atoms with Gasteiger partial charge in [-0.05, 0) is 31.5 Å². The van der Waals surface area contributed by atoms with Gasteiger partial charge >= 0.3 is 0 Å². The van der Waals surface area contributed by atoms with Gasteiger partial charge in [-0.1, -0.05) is 6.07 Å². The molecule has 2 rings (SSSR count). The van der Waals surface area contributed by atoms with Gasteiger partial charge in [0.2, 0.25) is 6.79 Å². The molecule has 0 spiro atoms. The molecular weight excluding hydrogens is 206 g/mol. The summed E-state index contributed by atoms with van der Waals surface area (Å²) in [7, 11) is 0. The maximum atomic E-state index is 5.70. The van der Waals surface area contributed by atoms with Crippen LogP contribution >= 0.6 is 0 Å². The summed E-state index contributed by atoms with van der Waals surface area (Å²) in [6.45, 7) is 5.27. The summed E-state index contributed by atoms with van der Waals surface area (Å²) in [4.78, 5) is 0. The highest BCUT2D eigenvalue weighted by Crippen LogP contribution is 2.32. The highest BCUT2D eigenvalue weighted by atomic mass is 16.7. The van der Waals surface area contributed by atoms with Crippen LogP contribution in [0.5, 0.6) is 11.5 Å². The Balaban J connectivity index is 2.00. The van der Waals surface area contributed by atoms with Crippen molar-refractivity contribution in [3.8, 4) is 11.5 Å². The number of nitrogens with two attached hydrogens (primary N) is 1. The zero-order valence-electron chi connectivity index (χ0n) is 9.66. The molecule has 1 aliphatic heterocycles. The van der Waals surface area contributed by atoms with Crippen molar-refractivity contribution in [3.05, 3.63) is 23.8 Å². The van der Waals surface area contributed by atoms with Crippen molar-refractivity contribution in [2.45, 2.75) is 26.1 Å². The standard InChI is InChI=1S/C12H17NO3/c1-12(2,7-13)16-6-9-3-4-10-11(5-9)15-8-14-10/h3-5H,6-8,13H2,1-2H3. The molecule has 0 unspecified atom stereocenters. The van der Waals surface area contributed by atoms with Crippen LogP contribution in [0.1, 0.15) is 19.4 Å². The summed E-state index contributed by atoms with van der Waals surface area (Å²) >= 11 is 0. The van der Waals surface area contributed by atoms with Crippen LogP contribution in [0, 0.1) is 0 Å². The Labute approximate surface area is 95.3 Å². The molecule has 88 valence electrons. The lowest BCUT2D eigenvalue weighted by atomic mass is 10.1. The third kappa shape index (κ3) is 2.46. The number of fused-ring (bicyclic) bond motifs is 1. The second kappa shape index (κ2) is 4.31. The van der Waals surface area contributed by atoms with Gasteiger partial charge in [0.15, 0.2) is 11.5 Å². The van der Waals surface area contributed by atoms with Gasteiger partial charge < -0.3 is 19.9 Å². The molecule has 1 aromatic rings. The molecule has 2 N–H and O–H groups in total. The molecule has 1 aliphatic rings. The van der Waals surface area contributed by atoms with Crippen molar-refractivity contribution >= 4 is 0 Å². The van der Waals surface area contributed by atoms with Gasteiger partial charge in [-0.25, -0.2) is 0 Å². The molecule has 0 atom stereocenters. The van der Waals surface area contributed by atoms with Gasteiger partial charge in [-0.3, -0.25) is 0 Å². The Kier molecular flexibility index (Phi) is 3.03. The number of rotatable bonds is 4. The highest BCUT2D eigenvalue weighted by molar-refractivity contribution is 5.44. The summed E-state index contributed by atoms with van der Waals surface area (Å²) < 4.78 is 16.2. The number of benzene rings is 1. The average molecular weight is 223 g/mol. The lowest BCUT2D eigenvalue weighted by Gasteiger charge is -2.23. The molecule has 16 heavy (non-hydrogen) atoms. The Hall–Kier alpha value is -1.26. The fraction of sp³-hybridized carbons (Fsp3) is 0.500. The number of hydrogen-bond donors (Lipinski definition) is 1. The molecule has 0 bridgehead atoms. The molecule has 0 saturated carbocycles. The van der Waals surface area contributed by atoms with Crippen LogP contribution in [0.25, 0.3) is 0 Å². The number of hydrogen-bond acceptors (Lipinski definition) is 4. The molecule has 1 aromatic carbocycles. The van der Waals surface area contributed by atoms with E-state index in [1.54, 1.807) is 0 Å². The second-order valence-corrected chi connectivity index (χ2v) is 4.44. The van der Waals surface area contributed by atoms with E-state index < -0.39 is 0 Å². The van der Waals surface area contributed by atoms with Gasteiger partial charge in [0.1, 0.15) is 0 Å². The minimum Gasteiger partial charge on any atom is -0.454 e. The summed E-state index contributed by atoms with van der Waals surface area (Å²) in [6, 6.07) is 5.81. The predicted molar refractivity (Wildman–Crippen MR) is 60.5 cm³/mol. The summed E-state index contributed by atoms with van der Waals surface area (Å²) in [5.74, 6) is 1.58. The number of ether oxygens (including phenoxy) is 3. The van der Waals surface area contributed by atoms with Crippen molar-refractivity contribution in [2.75, 3.05) is 13.3 Å². The van der Waals surface area contributed by atoms with Gasteiger partial charge in [0, 0.05) is 6.54 Å². The first kappa shape index (κ1) is 11.2. The van der Waals surface area contributed by atoms with Gasteiger partial charge in [0.25, 0.3) is 0 Å². The van der Waals surface area contributed by atoms with E-state index in [-0.39, 0.29) is 5.60 Å². The van der Waals surface area contributed by atoms with Crippen LogP contribution in [0.2, 0.25) is 0 Å². The SMILES string of the molecule is CC(C)(CN)OCc1ccc2c(c1)OCO2. The van der Waals surface area contributed by atoms with Crippen molar-refractivity contribution in [3.63, 3.8) is 0 Å². The topological polar surface area (TPSA) is 53.7 Å². The molecule has 0 saturated heterocycles. The van der Waals surface area contributed by atoms with E-state index in [1.165, 1.54) is 0 Å². The normalized spacial score (nSPS) is 14.2. The lowest BCUT2D eigenvalue weighted by molar-refractivity contribution is -0.0222. The molecular formula is C12H17NO3. The van der Waals surface area contributed by atoms with Crippen LogP contribution in [0.3, 0.4) is 0 Å². The van der Waals surface area contributed by atoms with Gasteiger partial charge in [0.05, 0.1) is 12.2 Å². The minimum atomic E-state index is -0.295. The molecule has 0 aromatic heterocycles. The zero-order chi connectivity index (χ0) is 11.6. The molecule has 0 fully saturated rings. The largest absolute Gasteiger partial charge is 0.454 e. The Morgan fingerprint density at radius 3 is 2.81 bits per heavy atom. The van der Waals surface area contributed by atoms with E-state index >= 15 is 0 Å². The van der Waals surface area contributed by atoms with Crippen molar-refractivity contribution in [1.29, 1.82) is 0 Å². The quantitative estimate of drug-likeness (QED) is 0.843. The van der Waals surface area contributed by atoms with E-state index in [9.17, 15) is 0 Å². The van der Waals surface area contributed by atoms with Crippen LogP contribution in [0.15, 0.2) is 18.2 Å². The second-order valence-electron chi connectivity index (χ2n) is 4.44. The molecule has 0 aliphatic carbocycles. The monoisotopic (exact) mass is 223 g/mol. The smallest absolute Gasteiger partial charge is 0.231 e. The minimum absolute atomic E-state index is 0.295. The first-order valence-electron chi connectivity index (χ1n) is 5.33. The molecule has 4 nitrogen and oxygen atoms in total. The Morgan fingerprint density at radius 2 is 2.06 bits per heavy atom.